The average Bonchev–Trinajstić information content (AvgIpc) is 2.81. The van der Waals surface area contributed by atoms with Crippen molar-refractivity contribution in [3.8, 4) is 0 Å². The fourth-order valence-electron chi connectivity index (χ4n) is 1.17. The minimum Gasteiger partial charge on any atom is -0.455 e. The molecule has 2 atom stereocenters. The molecule has 1 aromatic heterocycles. The normalized spacial score (nSPS) is 13.6. The van der Waals surface area contributed by atoms with E-state index in [4.69, 9.17) is 4.74 Å². The number of H-pyrrole nitrogens is 1. The molecule has 0 aliphatic carbocycles. The first-order valence-corrected chi connectivity index (χ1v) is 5.41. The number of carbonyl (C=O) groups excluding carboxylic acids is 1. The molecule has 1 N–H and O–H groups in total. The van der Waals surface area contributed by atoms with E-state index in [-0.39, 0.29) is 12.1 Å². The zero-order chi connectivity index (χ0) is 12.6. The highest BCUT2D eigenvalue weighted by atomic mass is 16.5. The first-order valence-electron chi connectivity index (χ1n) is 5.41. The van der Waals surface area contributed by atoms with Crippen LogP contribution in [0, 0.1) is 0 Å². The van der Waals surface area contributed by atoms with Crippen molar-refractivity contribution < 1.29 is 9.53 Å². The summed E-state index contributed by atoms with van der Waals surface area (Å²) in [5.41, 5.74) is 0. The zero-order valence-corrected chi connectivity index (χ0v) is 10.6. The lowest BCUT2D eigenvalue weighted by Gasteiger charge is -2.26. The second kappa shape index (κ2) is 7.87. The fourth-order valence-corrected chi connectivity index (χ4v) is 1.17. The summed E-state index contributed by atoms with van der Waals surface area (Å²) < 4.78 is 4.99. The van der Waals surface area contributed by atoms with Gasteiger partial charge in [0.2, 0.25) is 0 Å². The predicted octanol–water partition coefficient (Wildman–Crippen LogP) is 1.60. The van der Waals surface area contributed by atoms with Gasteiger partial charge in [-0.3, -0.25) is 4.79 Å². The van der Waals surface area contributed by atoms with Gasteiger partial charge in [-0.25, -0.2) is 4.98 Å². The van der Waals surface area contributed by atoms with Gasteiger partial charge in [-0.05, 0) is 21.0 Å². The molecule has 0 bridgehead atoms. The molecule has 1 aromatic rings. The highest BCUT2D eigenvalue weighted by molar-refractivity contribution is 5.38. The molecule has 2 unspecified atom stereocenters. The summed E-state index contributed by atoms with van der Waals surface area (Å²) in [6.45, 7) is 6.42. The van der Waals surface area contributed by atoms with E-state index in [1.165, 1.54) is 0 Å². The Morgan fingerprint density at radius 3 is 2.50 bits per heavy atom. The third-order valence-corrected chi connectivity index (χ3v) is 2.24. The lowest BCUT2D eigenvalue weighted by molar-refractivity contribution is -0.137. The van der Waals surface area contributed by atoms with E-state index in [0.29, 0.717) is 12.3 Å². The number of rotatable bonds is 5. The molecular formula is C11H21N3O2. The van der Waals surface area contributed by atoms with Gasteiger partial charge < -0.3 is 14.6 Å². The summed E-state index contributed by atoms with van der Waals surface area (Å²) in [6.07, 6.45) is 3.00. The van der Waals surface area contributed by atoms with Crippen molar-refractivity contribution in [1.29, 1.82) is 0 Å². The first kappa shape index (κ1) is 14.6. The standard InChI is InChI=1S/C9H15N3O2.C2H6/c1-7(12(2)3)8(14-6-13)9-10-4-5-11-9;1-2/h4-8H,1-3H3,(H,10,11);1-2H3. The maximum atomic E-state index is 10.4. The van der Waals surface area contributed by atoms with Crippen molar-refractivity contribution in [3.63, 3.8) is 0 Å². The van der Waals surface area contributed by atoms with Crippen molar-refractivity contribution in [2.75, 3.05) is 14.1 Å². The Bertz CT molecular complexity index is 273. The highest BCUT2D eigenvalue weighted by Gasteiger charge is 2.24. The Morgan fingerprint density at radius 2 is 2.12 bits per heavy atom. The Hall–Kier alpha value is -1.36. The van der Waals surface area contributed by atoms with Crippen molar-refractivity contribution in [1.82, 2.24) is 14.9 Å². The van der Waals surface area contributed by atoms with Crippen LogP contribution in [0.4, 0.5) is 0 Å². The molecule has 0 aromatic carbocycles. The van der Waals surface area contributed by atoms with Crippen LogP contribution in [0.3, 0.4) is 0 Å². The second-order valence-electron chi connectivity index (χ2n) is 3.33. The highest BCUT2D eigenvalue weighted by Crippen LogP contribution is 2.19. The monoisotopic (exact) mass is 227 g/mol. The van der Waals surface area contributed by atoms with E-state index >= 15 is 0 Å². The van der Waals surface area contributed by atoms with Gasteiger partial charge in [0.15, 0.2) is 6.10 Å². The molecule has 1 rings (SSSR count). The van der Waals surface area contributed by atoms with Crippen LogP contribution in [0.15, 0.2) is 12.4 Å². The molecule has 5 heteroatoms. The molecule has 5 nitrogen and oxygen atoms in total. The van der Waals surface area contributed by atoms with E-state index in [9.17, 15) is 4.79 Å². The fraction of sp³-hybridized carbons (Fsp3) is 0.636. The van der Waals surface area contributed by atoms with Gasteiger partial charge in [-0.1, -0.05) is 13.8 Å². The minimum absolute atomic E-state index is 0.0753. The molecule has 16 heavy (non-hydrogen) atoms. The number of likely N-dealkylation sites (N-methyl/N-ethyl adjacent to an activating group) is 1. The summed E-state index contributed by atoms with van der Waals surface area (Å²) in [4.78, 5) is 19.3. The SMILES string of the molecule is CC.CC(C(OC=O)c1ncc[nH]1)N(C)C. The number of hydrogen-bond donors (Lipinski definition) is 1. The van der Waals surface area contributed by atoms with Gasteiger partial charge in [-0.15, -0.1) is 0 Å². The molecule has 0 saturated carbocycles. The third-order valence-electron chi connectivity index (χ3n) is 2.24. The Balaban J connectivity index is 0.00000106. The lowest BCUT2D eigenvalue weighted by atomic mass is 10.1. The van der Waals surface area contributed by atoms with Gasteiger partial charge in [0, 0.05) is 12.4 Å². The van der Waals surface area contributed by atoms with Gasteiger partial charge in [0.1, 0.15) is 5.82 Å². The van der Waals surface area contributed by atoms with Gasteiger partial charge in [0.25, 0.3) is 6.47 Å². The van der Waals surface area contributed by atoms with Gasteiger partial charge in [0.05, 0.1) is 6.04 Å². The van der Waals surface area contributed by atoms with E-state index in [1.807, 2.05) is 39.8 Å². The Labute approximate surface area is 96.8 Å². The summed E-state index contributed by atoms with van der Waals surface area (Å²) in [6, 6.07) is 0.0753. The molecule has 0 aliphatic heterocycles. The van der Waals surface area contributed by atoms with E-state index in [1.54, 1.807) is 12.4 Å². The lowest BCUT2D eigenvalue weighted by Crippen LogP contribution is -2.33. The third kappa shape index (κ3) is 4.02. The number of nitrogens with zero attached hydrogens (tertiary/aromatic N) is 2. The summed E-state index contributed by atoms with van der Waals surface area (Å²) in [7, 11) is 3.85. The second-order valence-corrected chi connectivity index (χ2v) is 3.33. The Kier molecular flexibility index (Phi) is 7.20. The number of aromatic amines is 1. The largest absolute Gasteiger partial charge is 0.455 e. The van der Waals surface area contributed by atoms with Crippen molar-refractivity contribution in [3.05, 3.63) is 18.2 Å². The quantitative estimate of drug-likeness (QED) is 0.776. The predicted molar refractivity (Wildman–Crippen MR) is 63.0 cm³/mol. The van der Waals surface area contributed by atoms with E-state index < -0.39 is 0 Å². The van der Waals surface area contributed by atoms with Crippen molar-refractivity contribution in [2.45, 2.75) is 32.9 Å². The Morgan fingerprint density at radius 1 is 1.50 bits per heavy atom. The van der Waals surface area contributed by atoms with Crippen molar-refractivity contribution in [2.24, 2.45) is 0 Å². The van der Waals surface area contributed by atoms with Crippen LogP contribution in [0.2, 0.25) is 0 Å². The van der Waals surface area contributed by atoms with Gasteiger partial charge in [-0.2, -0.15) is 0 Å². The number of ether oxygens (including phenoxy) is 1. The molecule has 0 saturated heterocycles. The summed E-state index contributed by atoms with van der Waals surface area (Å²) >= 11 is 0. The number of nitrogens with one attached hydrogen (secondary N) is 1. The molecule has 0 aliphatic rings. The maximum Gasteiger partial charge on any atom is 0.293 e. The molecule has 92 valence electrons. The molecule has 0 amide bonds. The maximum absolute atomic E-state index is 10.4. The number of aromatic nitrogens is 2. The van der Waals surface area contributed by atoms with Crippen LogP contribution in [0.1, 0.15) is 32.7 Å². The van der Waals surface area contributed by atoms with Crippen LogP contribution >= 0.6 is 0 Å². The first-order chi connectivity index (χ1) is 7.66. The molecular weight excluding hydrogens is 206 g/mol. The van der Waals surface area contributed by atoms with Gasteiger partial charge >= 0.3 is 0 Å². The van der Waals surface area contributed by atoms with E-state index in [2.05, 4.69) is 9.97 Å². The smallest absolute Gasteiger partial charge is 0.293 e. The average molecular weight is 227 g/mol. The van der Waals surface area contributed by atoms with Crippen LogP contribution in [-0.4, -0.2) is 41.5 Å². The topological polar surface area (TPSA) is 58.2 Å². The summed E-state index contributed by atoms with van der Waals surface area (Å²) in [5, 5.41) is 0. The zero-order valence-electron chi connectivity index (χ0n) is 10.6. The molecule has 0 radical (unpaired) electrons. The van der Waals surface area contributed by atoms with Crippen LogP contribution in [0.25, 0.3) is 0 Å². The molecule has 0 fully saturated rings. The van der Waals surface area contributed by atoms with Crippen LogP contribution in [0.5, 0.6) is 0 Å². The molecule has 1 heterocycles. The van der Waals surface area contributed by atoms with E-state index in [0.717, 1.165) is 0 Å². The minimum atomic E-state index is -0.350. The van der Waals surface area contributed by atoms with Crippen LogP contribution in [-0.2, 0) is 9.53 Å². The number of carbonyl (C=O) groups is 1. The number of hydrogen-bond acceptors (Lipinski definition) is 4. The summed E-state index contributed by atoms with van der Waals surface area (Å²) in [5.74, 6) is 0.665. The molecule has 0 spiro atoms. The number of imidazole rings is 1. The van der Waals surface area contributed by atoms with Crippen LogP contribution < -0.4 is 0 Å². The van der Waals surface area contributed by atoms with Crippen molar-refractivity contribution >= 4 is 6.47 Å².